The Hall–Kier alpha value is -1.40. The van der Waals surface area contributed by atoms with E-state index in [1.807, 2.05) is 18.2 Å². The van der Waals surface area contributed by atoms with E-state index in [1.165, 1.54) is 0 Å². The van der Waals surface area contributed by atoms with Crippen molar-refractivity contribution in [3.8, 4) is 17.1 Å². The molecule has 94 valence electrons. The molecule has 1 aliphatic rings. The summed E-state index contributed by atoms with van der Waals surface area (Å²) in [4.78, 5) is 4.42. The lowest BCUT2D eigenvalue weighted by Gasteiger charge is -2.22. The molecular formula is C12H12BrN3O2. The Kier molecular flexibility index (Phi) is 3.05. The van der Waals surface area contributed by atoms with Crippen LogP contribution in [0.3, 0.4) is 0 Å². The van der Waals surface area contributed by atoms with Gasteiger partial charge in [0.2, 0.25) is 11.7 Å². The highest BCUT2D eigenvalue weighted by Gasteiger charge is 2.25. The molecule has 1 saturated heterocycles. The first kappa shape index (κ1) is 11.7. The molecule has 0 bridgehead atoms. The van der Waals surface area contributed by atoms with Gasteiger partial charge in [0.25, 0.3) is 0 Å². The van der Waals surface area contributed by atoms with Gasteiger partial charge < -0.3 is 14.6 Å². The highest BCUT2D eigenvalue weighted by Crippen LogP contribution is 2.30. The van der Waals surface area contributed by atoms with E-state index in [-0.39, 0.29) is 0 Å². The third kappa shape index (κ3) is 2.02. The molecule has 1 N–H and O–H groups in total. The first-order valence-corrected chi connectivity index (χ1v) is 6.45. The Labute approximate surface area is 113 Å². The van der Waals surface area contributed by atoms with Gasteiger partial charge in [-0.1, -0.05) is 5.16 Å². The number of halogens is 1. The van der Waals surface area contributed by atoms with Gasteiger partial charge in [0, 0.05) is 18.7 Å². The van der Waals surface area contributed by atoms with Crippen LogP contribution in [0.4, 0.5) is 0 Å². The summed E-state index contributed by atoms with van der Waals surface area (Å²) in [6.07, 6.45) is 0. The lowest BCUT2D eigenvalue weighted by molar-refractivity contribution is 0.308. The zero-order valence-corrected chi connectivity index (χ0v) is 11.4. The SMILES string of the molecule is COc1ccc(-c2noc(C3CNC3)n2)cc1Br. The number of aromatic nitrogens is 2. The van der Waals surface area contributed by atoms with E-state index in [4.69, 9.17) is 9.26 Å². The van der Waals surface area contributed by atoms with Gasteiger partial charge in [0.05, 0.1) is 17.5 Å². The van der Waals surface area contributed by atoms with Crippen molar-refractivity contribution >= 4 is 15.9 Å². The monoisotopic (exact) mass is 309 g/mol. The number of rotatable bonds is 3. The molecule has 1 aromatic heterocycles. The van der Waals surface area contributed by atoms with Crippen LogP contribution >= 0.6 is 15.9 Å². The number of hydrogen-bond acceptors (Lipinski definition) is 5. The molecule has 0 aliphatic carbocycles. The summed E-state index contributed by atoms with van der Waals surface area (Å²) in [7, 11) is 1.63. The first-order chi connectivity index (χ1) is 8.78. The van der Waals surface area contributed by atoms with Crippen molar-refractivity contribution in [1.82, 2.24) is 15.5 Å². The van der Waals surface area contributed by atoms with Gasteiger partial charge in [-0.25, -0.2) is 0 Å². The molecule has 0 amide bonds. The zero-order valence-electron chi connectivity index (χ0n) is 9.81. The van der Waals surface area contributed by atoms with Gasteiger partial charge in [0.15, 0.2) is 0 Å². The van der Waals surface area contributed by atoms with Crippen molar-refractivity contribution in [3.05, 3.63) is 28.6 Å². The highest BCUT2D eigenvalue weighted by atomic mass is 79.9. The molecule has 1 fully saturated rings. The van der Waals surface area contributed by atoms with Gasteiger partial charge in [-0.3, -0.25) is 0 Å². The average molecular weight is 310 g/mol. The van der Waals surface area contributed by atoms with Crippen molar-refractivity contribution in [3.63, 3.8) is 0 Å². The molecule has 0 spiro atoms. The van der Waals surface area contributed by atoms with Crippen LogP contribution in [0.1, 0.15) is 11.8 Å². The molecule has 0 saturated carbocycles. The predicted molar refractivity (Wildman–Crippen MR) is 69.6 cm³/mol. The maximum Gasteiger partial charge on any atom is 0.232 e. The highest BCUT2D eigenvalue weighted by molar-refractivity contribution is 9.10. The van der Waals surface area contributed by atoms with Crippen LogP contribution in [0.15, 0.2) is 27.2 Å². The molecule has 5 nitrogen and oxygen atoms in total. The number of hydrogen-bond donors (Lipinski definition) is 1. The largest absolute Gasteiger partial charge is 0.496 e. The lowest BCUT2D eigenvalue weighted by Crippen LogP contribution is -2.40. The van der Waals surface area contributed by atoms with E-state index in [0.717, 1.165) is 28.9 Å². The molecule has 2 heterocycles. The average Bonchev–Trinajstić information content (AvgIpc) is 2.76. The van der Waals surface area contributed by atoms with Gasteiger partial charge in [-0.15, -0.1) is 0 Å². The standard InChI is InChI=1S/C12H12BrN3O2/c1-17-10-3-2-7(4-9(10)13)11-15-12(18-16-11)8-5-14-6-8/h2-4,8,14H,5-6H2,1H3. The van der Waals surface area contributed by atoms with Gasteiger partial charge in [0.1, 0.15) is 5.75 Å². The first-order valence-electron chi connectivity index (χ1n) is 5.66. The van der Waals surface area contributed by atoms with Crippen LogP contribution in [0, 0.1) is 0 Å². The normalized spacial score (nSPS) is 15.4. The molecular weight excluding hydrogens is 298 g/mol. The third-order valence-electron chi connectivity index (χ3n) is 2.98. The number of nitrogens with one attached hydrogen (secondary N) is 1. The van der Waals surface area contributed by atoms with Crippen LogP contribution in [0.5, 0.6) is 5.75 Å². The second-order valence-electron chi connectivity index (χ2n) is 4.16. The topological polar surface area (TPSA) is 60.2 Å². The van der Waals surface area contributed by atoms with E-state index >= 15 is 0 Å². The molecule has 6 heteroatoms. The maximum absolute atomic E-state index is 5.27. The van der Waals surface area contributed by atoms with Crippen molar-refractivity contribution in [2.75, 3.05) is 20.2 Å². The van der Waals surface area contributed by atoms with E-state index < -0.39 is 0 Å². The van der Waals surface area contributed by atoms with E-state index in [2.05, 4.69) is 31.4 Å². The predicted octanol–water partition coefficient (Wildman–Crippen LogP) is 2.19. The quantitative estimate of drug-likeness (QED) is 0.942. The van der Waals surface area contributed by atoms with Crippen molar-refractivity contribution < 1.29 is 9.26 Å². The molecule has 0 unspecified atom stereocenters. The minimum Gasteiger partial charge on any atom is -0.496 e. The Balaban J connectivity index is 1.89. The summed E-state index contributed by atoms with van der Waals surface area (Å²) < 4.78 is 11.3. The molecule has 1 aliphatic heterocycles. The van der Waals surface area contributed by atoms with Crippen molar-refractivity contribution in [1.29, 1.82) is 0 Å². The van der Waals surface area contributed by atoms with E-state index in [1.54, 1.807) is 7.11 Å². The number of benzene rings is 1. The smallest absolute Gasteiger partial charge is 0.232 e. The van der Waals surface area contributed by atoms with Gasteiger partial charge in [-0.2, -0.15) is 4.98 Å². The molecule has 2 aromatic rings. The minimum absolute atomic E-state index is 0.355. The molecule has 0 atom stereocenters. The summed E-state index contributed by atoms with van der Waals surface area (Å²) >= 11 is 3.44. The van der Waals surface area contributed by atoms with Gasteiger partial charge >= 0.3 is 0 Å². The zero-order chi connectivity index (χ0) is 12.5. The van der Waals surface area contributed by atoms with E-state index in [0.29, 0.717) is 17.6 Å². The number of nitrogens with zero attached hydrogens (tertiary/aromatic N) is 2. The molecule has 3 rings (SSSR count). The van der Waals surface area contributed by atoms with Crippen LogP contribution in [-0.4, -0.2) is 30.3 Å². The van der Waals surface area contributed by atoms with Crippen LogP contribution in [-0.2, 0) is 0 Å². The fraction of sp³-hybridized carbons (Fsp3) is 0.333. The Morgan fingerprint density at radius 2 is 2.28 bits per heavy atom. The number of ether oxygens (including phenoxy) is 1. The molecule has 18 heavy (non-hydrogen) atoms. The Morgan fingerprint density at radius 1 is 1.44 bits per heavy atom. The van der Waals surface area contributed by atoms with Crippen molar-refractivity contribution in [2.24, 2.45) is 0 Å². The summed E-state index contributed by atoms with van der Waals surface area (Å²) in [5.41, 5.74) is 0.907. The maximum atomic E-state index is 5.27. The van der Waals surface area contributed by atoms with Crippen LogP contribution in [0.25, 0.3) is 11.4 Å². The second kappa shape index (κ2) is 4.70. The van der Waals surface area contributed by atoms with Crippen LogP contribution < -0.4 is 10.1 Å². The Morgan fingerprint density at radius 3 is 2.89 bits per heavy atom. The molecule has 1 aromatic carbocycles. The van der Waals surface area contributed by atoms with E-state index in [9.17, 15) is 0 Å². The van der Waals surface area contributed by atoms with Crippen molar-refractivity contribution in [2.45, 2.75) is 5.92 Å². The fourth-order valence-electron chi connectivity index (χ4n) is 1.79. The summed E-state index contributed by atoms with van der Waals surface area (Å²) in [5, 5.41) is 7.19. The fourth-order valence-corrected chi connectivity index (χ4v) is 2.33. The summed E-state index contributed by atoms with van der Waals surface area (Å²) in [6.45, 7) is 1.82. The summed E-state index contributed by atoms with van der Waals surface area (Å²) in [5.74, 6) is 2.45. The molecule has 0 radical (unpaired) electrons. The Bertz CT molecular complexity index is 566. The lowest BCUT2D eigenvalue weighted by atomic mass is 10.0. The third-order valence-corrected chi connectivity index (χ3v) is 3.60. The van der Waals surface area contributed by atoms with Crippen LogP contribution in [0.2, 0.25) is 0 Å². The summed E-state index contributed by atoms with van der Waals surface area (Å²) in [6, 6.07) is 5.71. The minimum atomic E-state index is 0.355. The second-order valence-corrected chi connectivity index (χ2v) is 5.02. The number of methoxy groups -OCH3 is 1. The van der Waals surface area contributed by atoms with Gasteiger partial charge in [-0.05, 0) is 34.1 Å².